The van der Waals surface area contributed by atoms with Crippen molar-refractivity contribution in [3.05, 3.63) is 51.6 Å². The van der Waals surface area contributed by atoms with E-state index in [2.05, 4.69) is 27.3 Å². The van der Waals surface area contributed by atoms with Gasteiger partial charge in [0.1, 0.15) is 0 Å². The molecule has 0 saturated heterocycles. The highest BCUT2D eigenvalue weighted by molar-refractivity contribution is 14.1. The third kappa shape index (κ3) is 3.38. The minimum atomic E-state index is -3.62. The van der Waals surface area contributed by atoms with Crippen molar-refractivity contribution in [2.24, 2.45) is 0 Å². The number of benzene rings is 2. The van der Waals surface area contributed by atoms with Crippen molar-refractivity contribution in [3.63, 3.8) is 0 Å². The number of anilines is 2. The molecule has 0 aliphatic carbocycles. The van der Waals surface area contributed by atoms with Gasteiger partial charge in [-0.25, -0.2) is 8.42 Å². The lowest BCUT2D eigenvalue weighted by Gasteiger charge is -2.10. The number of halogens is 1. The molecule has 2 aromatic carbocycles. The number of nitrogen functional groups attached to an aromatic ring is 1. The van der Waals surface area contributed by atoms with Crippen molar-refractivity contribution < 1.29 is 8.42 Å². The monoisotopic (exact) mass is 388 g/mol. The van der Waals surface area contributed by atoms with Crippen molar-refractivity contribution in [1.29, 1.82) is 0 Å². The minimum Gasteiger partial charge on any atom is -0.399 e. The predicted molar refractivity (Wildman–Crippen MR) is 85.6 cm³/mol. The summed E-state index contributed by atoms with van der Waals surface area (Å²) in [4.78, 5) is 0.171. The van der Waals surface area contributed by atoms with Crippen LogP contribution in [0.15, 0.2) is 47.4 Å². The Balaban J connectivity index is 2.41. The van der Waals surface area contributed by atoms with Crippen LogP contribution in [0, 0.1) is 10.5 Å². The SMILES string of the molecule is Cc1cc(N)cc(S(=O)(=O)Nc2ccccc2I)c1. The molecule has 0 atom stereocenters. The van der Waals surface area contributed by atoms with Crippen molar-refractivity contribution in [2.45, 2.75) is 11.8 Å². The first kappa shape index (κ1) is 14.1. The van der Waals surface area contributed by atoms with E-state index in [0.717, 1.165) is 9.13 Å². The van der Waals surface area contributed by atoms with Crippen LogP contribution < -0.4 is 10.5 Å². The molecule has 0 aromatic heterocycles. The lowest BCUT2D eigenvalue weighted by Crippen LogP contribution is -2.14. The first-order valence-electron chi connectivity index (χ1n) is 5.53. The van der Waals surface area contributed by atoms with Crippen molar-refractivity contribution in [2.75, 3.05) is 10.5 Å². The summed E-state index contributed by atoms with van der Waals surface area (Å²) in [7, 11) is -3.62. The molecule has 2 rings (SSSR count). The van der Waals surface area contributed by atoms with E-state index >= 15 is 0 Å². The summed E-state index contributed by atoms with van der Waals surface area (Å²) < 4.78 is 28.0. The highest BCUT2D eigenvalue weighted by Gasteiger charge is 2.16. The number of hydrogen-bond acceptors (Lipinski definition) is 3. The molecule has 0 amide bonds. The van der Waals surface area contributed by atoms with Gasteiger partial charge in [-0.1, -0.05) is 12.1 Å². The first-order chi connectivity index (χ1) is 8.88. The number of hydrogen-bond donors (Lipinski definition) is 2. The molecular formula is C13H13IN2O2S. The number of rotatable bonds is 3. The van der Waals surface area contributed by atoms with Gasteiger partial charge >= 0.3 is 0 Å². The fraction of sp³-hybridized carbons (Fsp3) is 0.0769. The second-order valence-corrected chi connectivity index (χ2v) is 7.01. The van der Waals surface area contributed by atoms with E-state index in [4.69, 9.17) is 5.73 Å². The Morgan fingerprint density at radius 2 is 1.84 bits per heavy atom. The van der Waals surface area contributed by atoms with E-state index in [9.17, 15) is 8.42 Å². The maximum atomic E-state index is 12.3. The second-order valence-electron chi connectivity index (χ2n) is 4.16. The molecule has 6 heteroatoms. The molecule has 0 unspecified atom stereocenters. The van der Waals surface area contributed by atoms with Gasteiger partial charge in [0.05, 0.1) is 10.6 Å². The van der Waals surface area contributed by atoms with Gasteiger partial charge in [-0.15, -0.1) is 0 Å². The van der Waals surface area contributed by atoms with Crippen LogP contribution in [-0.2, 0) is 10.0 Å². The van der Waals surface area contributed by atoms with E-state index in [1.54, 1.807) is 24.3 Å². The van der Waals surface area contributed by atoms with Crippen LogP contribution in [0.3, 0.4) is 0 Å². The molecule has 0 radical (unpaired) electrons. The van der Waals surface area contributed by atoms with Crippen LogP contribution >= 0.6 is 22.6 Å². The number of nitrogens with one attached hydrogen (secondary N) is 1. The zero-order chi connectivity index (χ0) is 14.0. The van der Waals surface area contributed by atoms with Gasteiger partial charge in [-0.2, -0.15) is 0 Å². The average molecular weight is 388 g/mol. The van der Waals surface area contributed by atoms with Gasteiger partial charge in [0, 0.05) is 9.26 Å². The maximum absolute atomic E-state index is 12.3. The van der Waals surface area contributed by atoms with E-state index in [0.29, 0.717) is 11.4 Å². The van der Waals surface area contributed by atoms with Gasteiger partial charge in [0.25, 0.3) is 10.0 Å². The Labute approximate surface area is 126 Å². The molecule has 0 aliphatic heterocycles. The van der Waals surface area contributed by atoms with Gasteiger partial charge in [-0.05, 0) is 65.4 Å². The average Bonchev–Trinajstić information content (AvgIpc) is 2.31. The number of nitrogens with two attached hydrogens (primary N) is 1. The van der Waals surface area contributed by atoms with Crippen molar-refractivity contribution >= 4 is 44.0 Å². The second kappa shape index (κ2) is 5.38. The molecule has 0 heterocycles. The smallest absolute Gasteiger partial charge is 0.262 e. The van der Waals surface area contributed by atoms with E-state index in [1.165, 1.54) is 6.07 Å². The molecule has 19 heavy (non-hydrogen) atoms. The third-order valence-electron chi connectivity index (χ3n) is 2.50. The molecular weight excluding hydrogens is 375 g/mol. The topological polar surface area (TPSA) is 72.2 Å². The standard InChI is InChI=1S/C13H13IN2O2S/c1-9-6-10(15)8-11(7-9)19(17,18)16-13-5-3-2-4-12(13)14/h2-8,16H,15H2,1H3. The van der Waals surface area contributed by atoms with Crippen LogP contribution in [0.2, 0.25) is 0 Å². The largest absolute Gasteiger partial charge is 0.399 e. The maximum Gasteiger partial charge on any atom is 0.262 e. The Morgan fingerprint density at radius 3 is 2.47 bits per heavy atom. The van der Waals surface area contributed by atoms with E-state index in [-0.39, 0.29) is 4.90 Å². The Bertz CT molecular complexity index is 694. The lowest BCUT2D eigenvalue weighted by molar-refractivity contribution is 0.601. The fourth-order valence-electron chi connectivity index (χ4n) is 1.68. The van der Waals surface area contributed by atoms with Crippen LogP contribution in [0.25, 0.3) is 0 Å². The third-order valence-corrected chi connectivity index (χ3v) is 4.79. The molecule has 0 aliphatic rings. The molecule has 3 N–H and O–H groups in total. The quantitative estimate of drug-likeness (QED) is 0.627. The summed E-state index contributed by atoms with van der Waals surface area (Å²) >= 11 is 2.08. The van der Waals surface area contributed by atoms with Gasteiger partial charge in [0.15, 0.2) is 0 Å². The zero-order valence-electron chi connectivity index (χ0n) is 10.2. The summed E-state index contributed by atoms with van der Waals surface area (Å²) in [6, 6.07) is 12.0. The number of para-hydroxylation sites is 1. The highest BCUT2D eigenvalue weighted by atomic mass is 127. The van der Waals surface area contributed by atoms with E-state index in [1.807, 2.05) is 19.1 Å². The molecule has 0 fully saturated rings. The Morgan fingerprint density at radius 1 is 1.16 bits per heavy atom. The highest BCUT2D eigenvalue weighted by Crippen LogP contribution is 2.23. The summed E-state index contributed by atoms with van der Waals surface area (Å²) in [5.74, 6) is 0. The number of sulfonamides is 1. The fourth-order valence-corrected chi connectivity index (χ4v) is 3.60. The van der Waals surface area contributed by atoms with E-state index < -0.39 is 10.0 Å². The van der Waals surface area contributed by atoms with Gasteiger partial charge in [0.2, 0.25) is 0 Å². The molecule has 4 nitrogen and oxygen atoms in total. The van der Waals surface area contributed by atoms with Gasteiger partial charge < -0.3 is 5.73 Å². The lowest BCUT2D eigenvalue weighted by atomic mass is 10.2. The Hall–Kier alpha value is -1.28. The van der Waals surface area contributed by atoms with Crippen molar-refractivity contribution in [1.82, 2.24) is 0 Å². The Kier molecular flexibility index (Phi) is 4.00. The van der Waals surface area contributed by atoms with Crippen LogP contribution in [0.5, 0.6) is 0 Å². The predicted octanol–water partition coefficient (Wildman–Crippen LogP) is 2.98. The van der Waals surface area contributed by atoms with Gasteiger partial charge in [-0.3, -0.25) is 4.72 Å². The summed E-state index contributed by atoms with van der Waals surface area (Å²) in [6.07, 6.45) is 0. The molecule has 0 saturated carbocycles. The number of aryl methyl sites for hydroxylation is 1. The van der Waals surface area contributed by atoms with Crippen LogP contribution in [-0.4, -0.2) is 8.42 Å². The first-order valence-corrected chi connectivity index (χ1v) is 8.09. The molecule has 0 bridgehead atoms. The van der Waals surface area contributed by atoms with Crippen LogP contribution in [0.4, 0.5) is 11.4 Å². The molecule has 2 aromatic rings. The summed E-state index contributed by atoms with van der Waals surface area (Å²) in [6.45, 7) is 1.81. The normalized spacial score (nSPS) is 11.3. The molecule has 0 spiro atoms. The molecule has 100 valence electrons. The van der Waals surface area contributed by atoms with Crippen LogP contribution in [0.1, 0.15) is 5.56 Å². The summed E-state index contributed by atoms with van der Waals surface area (Å²) in [5.41, 5.74) is 7.49. The van der Waals surface area contributed by atoms with Crippen molar-refractivity contribution in [3.8, 4) is 0 Å². The summed E-state index contributed by atoms with van der Waals surface area (Å²) in [5, 5.41) is 0. The minimum absolute atomic E-state index is 0.171. The zero-order valence-corrected chi connectivity index (χ0v) is 13.2.